The molecule has 4 heteroatoms. The highest BCUT2D eigenvalue weighted by Crippen LogP contribution is 2.28. The summed E-state index contributed by atoms with van der Waals surface area (Å²) in [7, 11) is 3.88. The van der Waals surface area contributed by atoms with Crippen molar-refractivity contribution in [3.05, 3.63) is 34.9 Å². The molecule has 1 fully saturated rings. The van der Waals surface area contributed by atoms with Gasteiger partial charge in [0.1, 0.15) is 0 Å². The van der Waals surface area contributed by atoms with E-state index in [1.54, 1.807) is 0 Å². The lowest BCUT2D eigenvalue weighted by Crippen LogP contribution is -2.40. The second kappa shape index (κ2) is 8.18. The molecule has 0 amide bonds. The maximum Gasteiger partial charge on any atom is 0.193 e. The maximum absolute atomic E-state index is 5.69. The van der Waals surface area contributed by atoms with E-state index in [0.29, 0.717) is 0 Å². The standard InChI is InChI=1S/C18H29N3O/c1-14-5-8-17(15(2)11-14)12-20-18(19-3)21(4)9-10-22-13-16-6-7-16/h5,8,11,16H,6-7,9-10,12-13H2,1-4H3,(H,19,20). The molecule has 0 saturated heterocycles. The molecule has 2 rings (SSSR count). The first-order chi connectivity index (χ1) is 10.6. The summed E-state index contributed by atoms with van der Waals surface area (Å²) in [4.78, 5) is 6.47. The average molecular weight is 303 g/mol. The summed E-state index contributed by atoms with van der Waals surface area (Å²) in [5, 5.41) is 3.43. The van der Waals surface area contributed by atoms with Crippen molar-refractivity contribution in [1.29, 1.82) is 0 Å². The highest BCUT2D eigenvalue weighted by atomic mass is 16.5. The minimum atomic E-state index is 0.761. The van der Waals surface area contributed by atoms with Crippen molar-refractivity contribution in [2.45, 2.75) is 33.2 Å². The van der Waals surface area contributed by atoms with Crippen molar-refractivity contribution in [2.24, 2.45) is 10.9 Å². The fraction of sp³-hybridized carbons (Fsp3) is 0.611. The highest BCUT2D eigenvalue weighted by Gasteiger charge is 2.21. The van der Waals surface area contributed by atoms with Crippen LogP contribution in [-0.2, 0) is 11.3 Å². The van der Waals surface area contributed by atoms with Crippen molar-refractivity contribution in [3.8, 4) is 0 Å². The summed E-state index contributed by atoms with van der Waals surface area (Å²) in [5.41, 5.74) is 3.93. The summed E-state index contributed by atoms with van der Waals surface area (Å²) >= 11 is 0. The quantitative estimate of drug-likeness (QED) is 0.478. The first-order valence-electron chi connectivity index (χ1n) is 8.16. The average Bonchev–Trinajstić information content (AvgIpc) is 3.30. The van der Waals surface area contributed by atoms with Gasteiger partial charge in [0.05, 0.1) is 6.61 Å². The Kier molecular flexibility index (Phi) is 6.25. The first kappa shape index (κ1) is 16.8. The number of aryl methyl sites for hydroxylation is 2. The second-order valence-electron chi connectivity index (χ2n) is 6.27. The highest BCUT2D eigenvalue weighted by molar-refractivity contribution is 5.79. The molecule has 0 radical (unpaired) electrons. The van der Waals surface area contributed by atoms with E-state index in [2.05, 4.69) is 54.3 Å². The Labute approximate surface area is 134 Å². The molecule has 1 aromatic rings. The SMILES string of the molecule is CN=C(NCc1ccc(C)cc1C)N(C)CCOCC1CC1. The van der Waals surface area contributed by atoms with Gasteiger partial charge in [-0.25, -0.2) is 0 Å². The van der Waals surface area contributed by atoms with Gasteiger partial charge in [-0.15, -0.1) is 0 Å². The lowest BCUT2D eigenvalue weighted by Gasteiger charge is -2.22. The lowest BCUT2D eigenvalue weighted by molar-refractivity contribution is 0.115. The van der Waals surface area contributed by atoms with Crippen LogP contribution in [0.2, 0.25) is 0 Å². The molecule has 0 unspecified atom stereocenters. The number of ether oxygens (including phenoxy) is 1. The van der Waals surface area contributed by atoms with Crippen LogP contribution in [0.3, 0.4) is 0 Å². The van der Waals surface area contributed by atoms with E-state index in [-0.39, 0.29) is 0 Å². The zero-order valence-electron chi connectivity index (χ0n) is 14.4. The normalized spacial score (nSPS) is 15.0. The van der Waals surface area contributed by atoms with Gasteiger partial charge in [0.25, 0.3) is 0 Å². The number of benzene rings is 1. The molecule has 1 aromatic carbocycles. The van der Waals surface area contributed by atoms with Crippen molar-refractivity contribution >= 4 is 5.96 Å². The molecule has 1 N–H and O–H groups in total. The predicted molar refractivity (Wildman–Crippen MR) is 92.3 cm³/mol. The van der Waals surface area contributed by atoms with Crippen LogP contribution in [0, 0.1) is 19.8 Å². The Morgan fingerprint density at radius 3 is 2.77 bits per heavy atom. The van der Waals surface area contributed by atoms with Crippen LogP contribution in [-0.4, -0.2) is 44.7 Å². The minimum absolute atomic E-state index is 0.761. The first-order valence-corrected chi connectivity index (χ1v) is 8.16. The van der Waals surface area contributed by atoms with E-state index < -0.39 is 0 Å². The van der Waals surface area contributed by atoms with E-state index in [9.17, 15) is 0 Å². The van der Waals surface area contributed by atoms with E-state index in [1.165, 1.54) is 29.5 Å². The van der Waals surface area contributed by atoms with E-state index in [1.807, 2.05) is 7.05 Å². The molecule has 1 aliphatic rings. The third kappa shape index (κ3) is 5.34. The van der Waals surface area contributed by atoms with Crippen LogP contribution in [0.4, 0.5) is 0 Å². The fourth-order valence-electron chi connectivity index (χ4n) is 2.45. The summed E-state index contributed by atoms with van der Waals surface area (Å²) < 4.78 is 5.69. The van der Waals surface area contributed by atoms with Gasteiger partial charge >= 0.3 is 0 Å². The summed E-state index contributed by atoms with van der Waals surface area (Å²) in [6.45, 7) is 7.62. The molecular formula is C18H29N3O. The molecule has 0 aliphatic heterocycles. The van der Waals surface area contributed by atoms with E-state index in [0.717, 1.165) is 38.2 Å². The third-order valence-corrected chi connectivity index (χ3v) is 4.13. The van der Waals surface area contributed by atoms with Crippen molar-refractivity contribution in [1.82, 2.24) is 10.2 Å². The Bertz CT molecular complexity index is 509. The Morgan fingerprint density at radius 2 is 2.14 bits per heavy atom. The molecule has 0 aromatic heterocycles. The number of rotatable bonds is 7. The van der Waals surface area contributed by atoms with Gasteiger partial charge in [0.2, 0.25) is 0 Å². The fourth-order valence-corrected chi connectivity index (χ4v) is 2.45. The number of nitrogens with one attached hydrogen (secondary N) is 1. The predicted octanol–water partition coefficient (Wildman–Crippen LogP) is 2.74. The number of guanidine groups is 1. The molecule has 1 aliphatic carbocycles. The van der Waals surface area contributed by atoms with Gasteiger partial charge in [-0.3, -0.25) is 4.99 Å². The molecular weight excluding hydrogens is 274 g/mol. The largest absolute Gasteiger partial charge is 0.379 e. The molecule has 0 spiro atoms. The molecule has 0 bridgehead atoms. The number of hydrogen-bond donors (Lipinski definition) is 1. The molecule has 122 valence electrons. The molecule has 0 atom stereocenters. The number of likely N-dealkylation sites (N-methyl/N-ethyl adjacent to an activating group) is 1. The van der Waals surface area contributed by atoms with Crippen LogP contribution < -0.4 is 5.32 Å². The van der Waals surface area contributed by atoms with Crippen molar-refractivity contribution in [2.75, 3.05) is 33.9 Å². The van der Waals surface area contributed by atoms with Gasteiger partial charge < -0.3 is 15.0 Å². The van der Waals surface area contributed by atoms with Crippen LogP contribution in [0.1, 0.15) is 29.5 Å². The Hall–Kier alpha value is -1.55. The summed E-state index contributed by atoms with van der Waals surface area (Å²) in [6.07, 6.45) is 2.68. The number of aliphatic imine (C=N–C) groups is 1. The monoisotopic (exact) mass is 303 g/mol. The Balaban J connectivity index is 1.75. The zero-order valence-corrected chi connectivity index (χ0v) is 14.4. The maximum atomic E-state index is 5.69. The van der Waals surface area contributed by atoms with Gasteiger partial charge in [-0.2, -0.15) is 0 Å². The van der Waals surface area contributed by atoms with Gasteiger partial charge in [0, 0.05) is 33.8 Å². The van der Waals surface area contributed by atoms with Crippen LogP contribution in [0.15, 0.2) is 23.2 Å². The van der Waals surface area contributed by atoms with E-state index >= 15 is 0 Å². The number of hydrogen-bond acceptors (Lipinski definition) is 2. The van der Waals surface area contributed by atoms with Gasteiger partial charge in [-0.1, -0.05) is 23.8 Å². The lowest BCUT2D eigenvalue weighted by atomic mass is 10.1. The molecule has 22 heavy (non-hydrogen) atoms. The molecule has 1 saturated carbocycles. The third-order valence-electron chi connectivity index (χ3n) is 4.13. The van der Waals surface area contributed by atoms with Crippen LogP contribution in [0.5, 0.6) is 0 Å². The van der Waals surface area contributed by atoms with Crippen molar-refractivity contribution < 1.29 is 4.74 Å². The topological polar surface area (TPSA) is 36.9 Å². The van der Waals surface area contributed by atoms with Gasteiger partial charge in [-0.05, 0) is 43.7 Å². The molecule has 0 heterocycles. The number of nitrogens with zero attached hydrogens (tertiary/aromatic N) is 2. The van der Waals surface area contributed by atoms with Crippen LogP contribution >= 0.6 is 0 Å². The Morgan fingerprint density at radius 1 is 1.36 bits per heavy atom. The van der Waals surface area contributed by atoms with Crippen LogP contribution in [0.25, 0.3) is 0 Å². The molecule has 4 nitrogen and oxygen atoms in total. The van der Waals surface area contributed by atoms with E-state index in [4.69, 9.17) is 4.74 Å². The smallest absolute Gasteiger partial charge is 0.193 e. The summed E-state index contributed by atoms with van der Waals surface area (Å²) in [6, 6.07) is 6.56. The second-order valence-corrected chi connectivity index (χ2v) is 6.27. The van der Waals surface area contributed by atoms with Gasteiger partial charge in [0.15, 0.2) is 5.96 Å². The zero-order chi connectivity index (χ0) is 15.9. The minimum Gasteiger partial charge on any atom is -0.379 e. The summed E-state index contributed by atoms with van der Waals surface area (Å²) in [5.74, 6) is 1.74. The van der Waals surface area contributed by atoms with Crippen molar-refractivity contribution in [3.63, 3.8) is 0 Å².